The number of carboxylic acids is 1. The largest absolute Gasteiger partial charge is 1.00 e. The van der Waals surface area contributed by atoms with E-state index in [1.165, 1.54) is 18.7 Å². The van der Waals surface area contributed by atoms with Gasteiger partial charge in [0.25, 0.3) is 11.8 Å². The van der Waals surface area contributed by atoms with Gasteiger partial charge in [-0.25, -0.2) is 0 Å². The van der Waals surface area contributed by atoms with Crippen LogP contribution >= 0.6 is 23.3 Å². The van der Waals surface area contributed by atoms with E-state index in [-0.39, 0.29) is 76.5 Å². The fraction of sp³-hybridized carbons (Fsp3) is 0.438. The van der Waals surface area contributed by atoms with E-state index in [1.54, 1.807) is 6.92 Å². The predicted octanol–water partition coefficient (Wildman–Crippen LogP) is -5.17. The van der Waals surface area contributed by atoms with E-state index in [0.29, 0.717) is 0 Å². The molecule has 13 nitrogen and oxygen atoms in total. The van der Waals surface area contributed by atoms with Crippen LogP contribution in [0.4, 0.5) is 5.13 Å². The average Bonchev–Trinajstić information content (AvgIpc) is 3.15. The van der Waals surface area contributed by atoms with Gasteiger partial charge < -0.3 is 30.5 Å². The van der Waals surface area contributed by atoms with Gasteiger partial charge in [-0.2, -0.15) is 9.36 Å². The average molecular weight is 492 g/mol. The molecule has 1 fully saturated rings. The van der Waals surface area contributed by atoms with E-state index < -0.39 is 35.2 Å². The van der Waals surface area contributed by atoms with E-state index in [0.717, 1.165) is 16.4 Å². The molecule has 2 aliphatic heterocycles. The molecule has 32 heavy (non-hydrogen) atoms. The van der Waals surface area contributed by atoms with Gasteiger partial charge in [0.1, 0.15) is 24.6 Å². The van der Waals surface area contributed by atoms with E-state index in [4.69, 9.17) is 15.3 Å². The van der Waals surface area contributed by atoms with Gasteiger partial charge in [-0.15, -0.1) is 11.8 Å². The number of hydrogen-bond acceptors (Lipinski definition) is 13. The first-order chi connectivity index (χ1) is 14.7. The molecule has 0 radical (unpaired) electrons. The minimum absolute atomic E-state index is 0. The molecule has 0 bridgehead atoms. The summed E-state index contributed by atoms with van der Waals surface area (Å²) in [4.78, 5) is 57.9. The number of oxime groups is 1. The van der Waals surface area contributed by atoms with Crippen molar-refractivity contribution in [2.75, 3.05) is 24.7 Å². The Kier molecular flexibility index (Phi) is 9.03. The van der Waals surface area contributed by atoms with E-state index in [1.807, 2.05) is 0 Å². The molecule has 2 aliphatic rings. The monoisotopic (exact) mass is 492 g/mol. The summed E-state index contributed by atoms with van der Waals surface area (Å²) >= 11 is 2.07. The number of nitrogens with one attached hydrogen (secondary N) is 1. The Morgan fingerprint density at radius 1 is 1.41 bits per heavy atom. The third kappa shape index (κ3) is 5.40. The zero-order chi connectivity index (χ0) is 22.7. The number of nitrogen functional groups attached to an aromatic ring is 1. The van der Waals surface area contributed by atoms with E-state index in [2.05, 4.69) is 19.8 Å². The van der Waals surface area contributed by atoms with Crippen molar-refractivity contribution < 1.29 is 63.4 Å². The van der Waals surface area contributed by atoms with Crippen LogP contribution in [0.2, 0.25) is 0 Å². The number of nitrogens with zero attached hydrogens (tertiary/aromatic N) is 4. The molecule has 0 aromatic carbocycles. The van der Waals surface area contributed by atoms with Crippen molar-refractivity contribution in [3.8, 4) is 0 Å². The van der Waals surface area contributed by atoms with Crippen molar-refractivity contribution >= 4 is 57.9 Å². The van der Waals surface area contributed by atoms with E-state index in [9.17, 15) is 24.3 Å². The number of carbonyl (C=O) groups is 4. The number of amides is 2. The van der Waals surface area contributed by atoms with Crippen LogP contribution in [0.1, 0.15) is 19.7 Å². The molecule has 16 heteroatoms. The number of carbonyl (C=O) groups excluding carboxylic acids is 4. The zero-order valence-corrected chi connectivity index (χ0v) is 20.9. The molecule has 0 aliphatic carbocycles. The third-order valence-corrected chi connectivity index (χ3v) is 6.01. The van der Waals surface area contributed by atoms with Gasteiger partial charge in [0.15, 0.2) is 5.13 Å². The first-order valence-electron chi connectivity index (χ1n) is 8.86. The molecule has 3 rings (SSSR count). The second-order valence-corrected chi connectivity index (χ2v) is 8.08. The number of fused-ring (bicyclic) bond motifs is 1. The molecule has 166 valence electrons. The Hall–Kier alpha value is -2.20. The summed E-state index contributed by atoms with van der Waals surface area (Å²) in [6.07, 6.45) is 0. The van der Waals surface area contributed by atoms with Crippen molar-refractivity contribution in [1.82, 2.24) is 19.6 Å². The number of thioether (sulfide) groups is 1. The molecule has 2 amide bonds. The number of β-lactam (4-membered cyclic amide) rings is 1. The molecule has 0 unspecified atom stereocenters. The Bertz CT molecular complexity index is 997. The number of nitrogens with two attached hydrogens (primary N) is 1. The Morgan fingerprint density at radius 3 is 2.69 bits per heavy atom. The fourth-order valence-electron chi connectivity index (χ4n) is 2.83. The molecular weight excluding hydrogens is 475 g/mol. The summed E-state index contributed by atoms with van der Waals surface area (Å²) in [5, 5.41) is 17.3. The van der Waals surface area contributed by atoms with Crippen LogP contribution in [0.5, 0.6) is 0 Å². The maximum Gasteiger partial charge on any atom is 1.00 e. The molecule has 2 atom stereocenters. The molecule has 0 saturated carbocycles. The molecule has 1 aromatic heterocycles. The second kappa shape index (κ2) is 11.1. The standard InChI is InChI=1S/C16H18N6O7S2.Na/c1-3-29-20-8(11-19-16(17)31-21-11)12(24)18-9-13(25)22-10(15(26)27)7(4-28-6(2)23)5-30-14(9)22;/h9,14H,3-5H2,1-2H3,(H,18,24)(H,26,27)(H2,17,19,21);/q;+1/p-1/t9-,14-;/m1./s1. The Balaban J connectivity index is 0.00000363. The van der Waals surface area contributed by atoms with Crippen LogP contribution in [0, 0.1) is 0 Å². The molecule has 3 heterocycles. The van der Waals surface area contributed by atoms with Gasteiger partial charge in [0.05, 0.1) is 11.7 Å². The van der Waals surface area contributed by atoms with E-state index >= 15 is 0 Å². The van der Waals surface area contributed by atoms with Gasteiger partial charge in [0, 0.05) is 29.8 Å². The van der Waals surface area contributed by atoms with Crippen LogP contribution in [-0.2, 0) is 28.8 Å². The quantitative estimate of drug-likeness (QED) is 0.116. The SMILES string of the molecule is CCON=C(C(=O)N[C@@H]1C(=O)N2C(C(=O)[O-])=C(COC(C)=O)CS[C@H]12)c1nsc(N)n1.[Na+]. The normalized spacial score (nSPS) is 20.0. The summed E-state index contributed by atoms with van der Waals surface area (Å²) in [5.74, 6) is -3.50. The summed E-state index contributed by atoms with van der Waals surface area (Å²) in [6, 6.07) is -1.02. The van der Waals surface area contributed by atoms with Crippen molar-refractivity contribution in [2.24, 2.45) is 5.16 Å². The van der Waals surface area contributed by atoms with Gasteiger partial charge in [-0.05, 0) is 6.92 Å². The first kappa shape index (κ1) is 26.1. The minimum atomic E-state index is -1.58. The number of rotatable bonds is 8. The van der Waals surface area contributed by atoms with Crippen LogP contribution < -0.4 is 45.7 Å². The third-order valence-electron chi connectivity index (χ3n) is 4.13. The van der Waals surface area contributed by atoms with Crippen molar-refractivity contribution in [3.05, 3.63) is 17.1 Å². The summed E-state index contributed by atoms with van der Waals surface area (Å²) in [5.41, 5.74) is 5.15. The number of anilines is 1. The minimum Gasteiger partial charge on any atom is -0.543 e. The number of aliphatic carboxylic acids is 1. The molecular formula is C16H17N6NaO7S2. The van der Waals surface area contributed by atoms with Gasteiger partial charge in [0.2, 0.25) is 11.5 Å². The molecule has 3 N–H and O–H groups in total. The second-order valence-electron chi connectivity index (χ2n) is 6.19. The zero-order valence-electron chi connectivity index (χ0n) is 17.3. The predicted molar refractivity (Wildman–Crippen MR) is 106 cm³/mol. The number of aromatic nitrogens is 2. The molecule has 1 aromatic rings. The van der Waals surface area contributed by atoms with Crippen LogP contribution in [-0.4, -0.2) is 74.1 Å². The molecule has 0 spiro atoms. The van der Waals surface area contributed by atoms with Crippen molar-refractivity contribution in [3.63, 3.8) is 0 Å². The van der Waals surface area contributed by atoms with Crippen LogP contribution in [0.3, 0.4) is 0 Å². The number of ether oxygens (including phenoxy) is 1. The van der Waals surface area contributed by atoms with Crippen LogP contribution in [0.15, 0.2) is 16.4 Å². The number of esters is 1. The van der Waals surface area contributed by atoms with Gasteiger partial charge in [-0.1, -0.05) is 5.16 Å². The summed E-state index contributed by atoms with van der Waals surface area (Å²) < 4.78 is 8.77. The van der Waals surface area contributed by atoms with Gasteiger partial charge in [-0.3, -0.25) is 19.3 Å². The fourth-order valence-corrected chi connectivity index (χ4v) is 4.59. The maximum absolute atomic E-state index is 12.7. The number of hydrogen-bond donors (Lipinski definition) is 2. The van der Waals surface area contributed by atoms with Crippen LogP contribution in [0.25, 0.3) is 0 Å². The Morgan fingerprint density at radius 2 is 2.12 bits per heavy atom. The smallest absolute Gasteiger partial charge is 0.543 e. The van der Waals surface area contributed by atoms with Crippen molar-refractivity contribution in [2.45, 2.75) is 25.3 Å². The maximum atomic E-state index is 12.7. The topological polar surface area (TPSA) is 189 Å². The number of carboxylic acid groups (broad SMARTS) is 1. The Labute approximate surface area is 212 Å². The molecule has 1 saturated heterocycles. The first-order valence-corrected chi connectivity index (χ1v) is 10.7. The van der Waals surface area contributed by atoms with Crippen molar-refractivity contribution in [1.29, 1.82) is 0 Å². The summed E-state index contributed by atoms with van der Waals surface area (Å²) in [6.45, 7) is 2.75. The summed E-state index contributed by atoms with van der Waals surface area (Å²) in [7, 11) is 0. The van der Waals surface area contributed by atoms with Gasteiger partial charge >= 0.3 is 35.5 Å².